The van der Waals surface area contributed by atoms with Gasteiger partial charge < -0.3 is 5.32 Å². The van der Waals surface area contributed by atoms with Crippen molar-refractivity contribution in [2.45, 2.75) is 13.0 Å². The van der Waals surface area contributed by atoms with Crippen LogP contribution in [0.5, 0.6) is 0 Å². The molecule has 88 valence electrons. The molecule has 2 rings (SSSR count). The number of nitrogens with zero attached hydrogens (tertiary/aromatic N) is 1. The quantitative estimate of drug-likeness (QED) is 0.873. The van der Waals surface area contributed by atoms with E-state index >= 15 is 0 Å². The first-order chi connectivity index (χ1) is 8.31. The molecule has 1 aromatic carbocycles. The first-order valence-corrected chi connectivity index (χ1v) is 5.70. The second-order valence-corrected chi connectivity index (χ2v) is 3.83. The SMILES string of the molecule is CCN[C@@H](c1ccc(F)cc1)c1cccnc1. The third-order valence-electron chi connectivity index (χ3n) is 2.63. The van der Waals surface area contributed by atoms with E-state index in [-0.39, 0.29) is 11.9 Å². The molecule has 2 aromatic rings. The zero-order valence-corrected chi connectivity index (χ0v) is 9.73. The fourth-order valence-corrected chi connectivity index (χ4v) is 1.83. The minimum absolute atomic E-state index is 0.0642. The van der Waals surface area contributed by atoms with E-state index in [0.29, 0.717) is 0 Å². The van der Waals surface area contributed by atoms with Gasteiger partial charge in [0.05, 0.1) is 6.04 Å². The summed E-state index contributed by atoms with van der Waals surface area (Å²) < 4.78 is 12.9. The van der Waals surface area contributed by atoms with Gasteiger partial charge in [-0.2, -0.15) is 0 Å². The van der Waals surface area contributed by atoms with Crippen molar-refractivity contribution in [3.05, 3.63) is 65.7 Å². The zero-order valence-electron chi connectivity index (χ0n) is 9.73. The monoisotopic (exact) mass is 230 g/mol. The maximum Gasteiger partial charge on any atom is 0.123 e. The van der Waals surface area contributed by atoms with E-state index in [1.54, 1.807) is 18.3 Å². The molecule has 0 bridgehead atoms. The molecule has 2 nitrogen and oxygen atoms in total. The average Bonchev–Trinajstić information content (AvgIpc) is 2.38. The third-order valence-corrected chi connectivity index (χ3v) is 2.63. The molecular weight excluding hydrogens is 215 g/mol. The fourth-order valence-electron chi connectivity index (χ4n) is 1.83. The lowest BCUT2D eigenvalue weighted by atomic mass is 10.0. The molecule has 0 amide bonds. The molecule has 1 aromatic heterocycles. The van der Waals surface area contributed by atoms with Crippen LogP contribution in [0.3, 0.4) is 0 Å². The van der Waals surface area contributed by atoms with Crippen molar-refractivity contribution in [1.29, 1.82) is 0 Å². The van der Waals surface area contributed by atoms with Gasteiger partial charge in [0.15, 0.2) is 0 Å². The van der Waals surface area contributed by atoms with Gasteiger partial charge >= 0.3 is 0 Å². The van der Waals surface area contributed by atoms with E-state index in [1.165, 1.54) is 12.1 Å². The van der Waals surface area contributed by atoms with Crippen LogP contribution in [-0.4, -0.2) is 11.5 Å². The molecule has 0 aliphatic rings. The lowest BCUT2D eigenvalue weighted by Crippen LogP contribution is -2.22. The lowest BCUT2D eigenvalue weighted by Gasteiger charge is -2.18. The van der Waals surface area contributed by atoms with Crippen LogP contribution in [0.15, 0.2) is 48.8 Å². The van der Waals surface area contributed by atoms with E-state index in [9.17, 15) is 4.39 Å². The van der Waals surface area contributed by atoms with Gasteiger partial charge in [0, 0.05) is 12.4 Å². The van der Waals surface area contributed by atoms with Crippen molar-refractivity contribution in [1.82, 2.24) is 10.3 Å². The molecule has 3 heteroatoms. The van der Waals surface area contributed by atoms with E-state index in [1.807, 2.05) is 25.3 Å². The number of pyridine rings is 1. The van der Waals surface area contributed by atoms with Crippen LogP contribution in [0.4, 0.5) is 4.39 Å². The second-order valence-electron chi connectivity index (χ2n) is 3.83. The fraction of sp³-hybridized carbons (Fsp3) is 0.214. The predicted octanol–water partition coefficient (Wildman–Crippen LogP) is 2.92. The number of rotatable bonds is 4. The van der Waals surface area contributed by atoms with Gasteiger partial charge in [-0.3, -0.25) is 4.98 Å². The molecule has 0 spiro atoms. The summed E-state index contributed by atoms with van der Waals surface area (Å²) in [6.07, 6.45) is 3.58. The van der Waals surface area contributed by atoms with Crippen LogP contribution in [0.1, 0.15) is 24.1 Å². The minimum atomic E-state index is -0.213. The summed E-state index contributed by atoms with van der Waals surface area (Å²) in [6.45, 7) is 2.89. The molecule has 1 atom stereocenters. The van der Waals surface area contributed by atoms with Crippen LogP contribution in [0, 0.1) is 5.82 Å². The molecule has 1 heterocycles. The molecule has 0 radical (unpaired) electrons. The zero-order chi connectivity index (χ0) is 12.1. The highest BCUT2D eigenvalue weighted by atomic mass is 19.1. The first-order valence-electron chi connectivity index (χ1n) is 5.70. The smallest absolute Gasteiger partial charge is 0.123 e. The predicted molar refractivity (Wildman–Crippen MR) is 66.2 cm³/mol. The van der Waals surface area contributed by atoms with Gasteiger partial charge in [0.25, 0.3) is 0 Å². The Morgan fingerprint density at radius 2 is 1.94 bits per heavy atom. The second kappa shape index (κ2) is 5.55. The van der Waals surface area contributed by atoms with Crippen LogP contribution < -0.4 is 5.32 Å². The maximum absolute atomic E-state index is 12.9. The van der Waals surface area contributed by atoms with Crippen LogP contribution in [-0.2, 0) is 0 Å². The van der Waals surface area contributed by atoms with Gasteiger partial charge in [-0.25, -0.2) is 4.39 Å². The number of nitrogens with one attached hydrogen (secondary N) is 1. The Morgan fingerprint density at radius 1 is 1.18 bits per heavy atom. The summed E-state index contributed by atoms with van der Waals surface area (Å²) in [7, 11) is 0. The Morgan fingerprint density at radius 3 is 2.53 bits per heavy atom. The Kier molecular flexibility index (Phi) is 3.83. The van der Waals surface area contributed by atoms with Crippen molar-refractivity contribution < 1.29 is 4.39 Å². The largest absolute Gasteiger partial charge is 0.306 e. The molecular formula is C14H15FN2. The van der Waals surface area contributed by atoms with E-state index in [4.69, 9.17) is 0 Å². The highest BCUT2D eigenvalue weighted by Crippen LogP contribution is 2.21. The molecule has 0 saturated heterocycles. The normalized spacial score (nSPS) is 12.4. The van der Waals surface area contributed by atoms with Gasteiger partial charge in [0.2, 0.25) is 0 Å². The van der Waals surface area contributed by atoms with Crippen molar-refractivity contribution in [3.8, 4) is 0 Å². The number of hydrogen-bond donors (Lipinski definition) is 1. The number of benzene rings is 1. The molecule has 1 N–H and O–H groups in total. The van der Waals surface area contributed by atoms with E-state index in [2.05, 4.69) is 10.3 Å². The maximum atomic E-state index is 12.9. The summed E-state index contributed by atoms with van der Waals surface area (Å²) in [6, 6.07) is 10.6. The van der Waals surface area contributed by atoms with Crippen LogP contribution >= 0.6 is 0 Å². The molecule has 0 aliphatic carbocycles. The molecule has 0 saturated carbocycles. The van der Waals surface area contributed by atoms with Crippen molar-refractivity contribution in [3.63, 3.8) is 0 Å². The lowest BCUT2D eigenvalue weighted by molar-refractivity contribution is 0.612. The van der Waals surface area contributed by atoms with E-state index in [0.717, 1.165) is 17.7 Å². The topological polar surface area (TPSA) is 24.9 Å². The number of aromatic nitrogens is 1. The standard InChI is InChI=1S/C14H15FN2/c1-2-17-14(12-4-3-9-16-10-12)11-5-7-13(15)8-6-11/h3-10,14,17H,2H2,1H3/t14-/m0/s1. The number of hydrogen-bond acceptors (Lipinski definition) is 2. The summed E-state index contributed by atoms with van der Waals surface area (Å²) in [5.74, 6) is -0.213. The Hall–Kier alpha value is -1.74. The summed E-state index contributed by atoms with van der Waals surface area (Å²) >= 11 is 0. The highest BCUT2D eigenvalue weighted by Gasteiger charge is 2.12. The Labute approximate surface area is 101 Å². The van der Waals surface area contributed by atoms with Crippen LogP contribution in [0.2, 0.25) is 0 Å². The van der Waals surface area contributed by atoms with E-state index < -0.39 is 0 Å². The summed E-state index contributed by atoms with van der Waals surface area (Å²) in [5, 5.41) is 3.37. The minimum Gasteiger partial charge on any atom is -0.306 e. The Balaban J connectivity index is 2.32. The van der Waals surface area contributed by atoms with Crippen molar-refractivity contribution >= 4 is 0 Å². The highest BCUT2D eigenvalue weighted by molar-refractivity contribution is 5.30. The first kappa shape index (κ1) is 11.7. The van der Waals surface area contributed by atoms with Gasteiger partial charge in [-0.1, -0.05) is 25.1 Å². The molecule has 0 unspecified atom stereocenters. The molecule has 0 fully saturated rings. The van der Waals surface area contributed by atoms with Gasteiger partial charge in [0.1, 0.15) is 5.82 Å². The van der Waals surface area contributed by atoms with Crippen LogP contribution in [0.25, 0.3) is 0 Å². The average molecular weight is 230 g/mol. The number of halogens is 1. The van der Waals surface area contributed by atoms with Crippen molar-refractivity contribution in [2.24, 2.45) is 0 Å². The Bertz CT molecular complexity index is 453. The van der Waals surface area contributed by atoms with Gasteiger partial charge in [-0.05, 0) is 35.9 Å². The molecule has 0 aliphatic heterocycles. The third kappa shape index (κ3) is 2.88. The summed E-state index contributed by atoms with van der Waals surface area (Å²) in [4.78, 5) is 4.12. The molecule has 17 heavy (non-hydrogen) atoms. The van der Waals surface area contributed by atoms with Gasteiger partial charge in [-0.15, -0.1) is 0 Å². The summed E-state index contributed by atoms with van der Waals surface area (Å²) in [5.41, 5.74) is 2.13. The van der Waals surface area contributed by atoms with Crippen molar-refractivity contribution in [2.75, 3.05) is 6.54 Å².